The van der Waals surface area contributed by atoms with Crippen LogP contribution in [0.25, 0.3) is 0 Å². The highest BCUT2D eigenvalue weighted by Gasteiger charge is 2.11. The number of aromatic nitrogens is 3. The van der Waals surface area contributed by atoms with Crippen molar-refractivity contribution in [2.75, 3.05) is 13.1 Å². The fourth-order valence-corrected chi connectivity index (χ4v) is 1.66. The number of hydrogen-bond donors (Lipinski definition) is 2. The van der Waals surface area contributed by atoms with Crippen LogP contribution in [0.4, 0.5) is 0 Å². The lowest BCUT2D eigenvalue weighted by atomic mass is 10.1. The summed E-state index contributed by atoms with van der Waals surface area (Å²) < 4.78 is 1.72. The van der Waals surface area contributed by atoms with E-state index in [1.54, 1.807) is 10.9 Å². The highest BCUT2D eigenvalue weighted by atomic mass is 35.5. The van der Waals surface area contributed by atoms with Crippen LogP contribution in [0.1, 0.15) is 44.6 Å². The first-order chi connectivity index (χ1) is 9.02. The molecule has 7 heteroatoms. The maximum Gasteiger partial charge on any atom is 0.273 e. The van der Waals surface area contributed by atoms with Gasteiger partial charge in [-0.1, -0.05) is 26.0 Å². The van der Waals surface area contributed by atoms with Crippen molar-refractivity contribution in [3.63, 3.8) is 0 Å². The first kappa shape index (κ1) is 18.9. The number of likely N-dealkylation sites (N-methyl/N-ethyl adjacent to an activating group) is 1. The van der Waals surface area contributed by atoms with E-state index in [-0.39, 0.29) is 24.4 Å². The first-order valence-corrected chi connectivity index (χ1v) is 6.94. The molecular weight excluding hydrogens is 278 g/mol. The molecule has 0 aliphatic heterocycles. The normalized spacial score (nSPS) is 12.1. The molecule has 0 saturated heterocycles. The summed E-state index contributed by atoms with van der Waals surface area (Å²) in [5.74, 6) is 0.447. The lowest BCUT2D eigenvalue weighted by Gasteiger charge is -2.12. The highest BCUT2D eigenvalue weighted by Crippen LogP contribution is 2.02. The molecule has 1 heterocycles. The van der Waals surface area contributed by atoms with Gasteiger partial charge in [0, 0.05) is 19.1 Å². The third kappa shape index (κ3) is 6.86. The van der Waals surface area contributed by atoms with Crippen molar-refractivity contribution in [3.8, 4) is 0 Å². The van der Waals surface area contributed by atoms with E-state index in [1.807, 2.05) is 13.8 Å². The first-order valence-electron chi connectivity index (χ1n) is 6.94. The molecule has 0 bridgehead atoms. The van der Waals surface area contributed by atoms with Crippen molar-refractivity contribution >= 4 is 18.3 Å². The van der Waals surface area contributed by atoms with Crippen LogP contribution in [0.5, 0.6) is 0 Å². The maximum absolute atomic E-state index is 11.9. The molecule has 0 unspecified atom stereocenters. The third-order valence-electron chi connectivity index (χ3n) is 2.83. The minimum atomic E-state index is -0.166. The number of rotatable bonds is 8. The quantitative estimate of drug-likeness (QED) is 0.763. The number of amides is 1. The monoisotopic (exact) mass is 303 g/mol. The largest absolute Gasteiger partial charge is 0.349 e. The van der Waals surface area contributed by atoms with E-state index < -0.39 is 0 Å². The Hall–Kier alpha value is -1.14. The van der Waals surface area contributed by atoms with Crippen molar-refractivity contribution in [2.45, 2.75) is 46.7 Å². The summed E-state index contributed by atoms with van der Waals surface area (Å²) in [6.45, 7) is 10.7. The van der Waals surface area contributed by atoms with Crippen LogP contribution in [0.3, 0.4) is 0 Å². The number of aryl methyl sites for hydroxylation is 1. The van der Waals surface area contributed by atoms with Gasteiger partial charge in [0.25, 0.3) is 5.91 Å². The SMILES string of the molecule is CCN[C@H](C)CNC(=O)c1cn(CCC(C)C)nn1.Cl. The lowest BCUT2D eigenvalue weighted by molar-refractivity contribution is 0.0945. The third-order valence-corrected chi connectivity index (χ3v) is 2.83. The molecule has 2 N–H and O–H groups in total. The molecule has 0 aromatic carbocycles. The minimum absolute atomic E-state index is 0. The predicted octanol–water partition coefficient (Wildman–Crippen LogP) is 1.47. The van der Waals surface area contributed by atoms with Gasteiger partial charge in [0.1, 0.15) is 0 Å². The molecule has 6 nitrogen and oxygen atoms in total. The molecule has 1 aromatic heterocycles. The van der Waals surface area contributed by atoms with Crippen LogP contribution in [0.2, 0.25) is 0 Å². The Kier molecular flexibility index (Phi) is 9.16. The van der Waals surface area contributed by atoms with Gasteiger partial charge < -0.3 is 10.6 Å². The molecule has 116 valence electrons. The molecule has 20 heavy (non-hydrogen) atoms. The summed E-state index contributed by atoms with van der Waals surface area (Å²) in [6.07, 6.45) is 2.73. The lowest BCUT2D eigenvalue weighted by Crippen LogP contribution is -2.38. The standard InChI is InChI=1S/C13H25N5O.ClH/c1-5-14-11(4)8-15-13(19)12-9-18(17-16-12)7-6-10(2)3;/h9-11,14H,5-8H2,1-4H3,(H,15,19);1H/t11-;/m1./s1. The van der Waals surface area contributed by atoms with Gasteiger partial charge in [-0.25, -0.2) is 0 Å². The van der Waals surface area contributed by atoms with Crippen LogP contribution >= 0.6 is 12.4 Å². The summed E-state index contributed by atoms with van der Waals surface area (Å²) in [5, 5.41) is 13.9. The van der Waals surface area contributed by atoms with Crippen LogP contribution in [-0.2, 0) is 6.54 Å². The number of nitrogens with one attached hydrogen (secondary N) is 2. The summed E-state index contributed by atoms with van der Waals surface area (Å²) in [5.41, 5.74) is 0.382. The molecule has 1 atom stereocenters. The van der Waals surface area contributed by atoms with E-state index >= 15 is 0 Å². The topological polar surface area (TPSA) is 71.8 Å². The van der Waals surface area contributed by atoms with Gasteiger partial charge in [0.05, 0.1) is 6.20 Å². The van der Waals surface area contributed by atoms with Crippen molar-refractivity contribution in [1.82, 2.24) is 25.6 Å². The Balaban J connectivity index is 0.00000361. The molecule has 0 saturated carbocycles. The Morgan fingerprint density at radius 2 is 2.10 bits per heavy atom. The molecule has 0 radical (unpaired) electrons. The Morgan fingerprint density at radius 3 is 2.70 bits per heavy atom. The number of carbonyl (C=O) groups is 1. The predicted molar refractivity (Wildman–Crippen MR) is 82.2 cm³/mol. The van der Waals surface area contributed by atoms with E-state index in [0.717, 1.165) is 19.5 Å². The second kappa shape index (κ2) is 9.72. The Morgan fingerprint density at radius 1 is 1.40 bits per heavy atom. The maximum atomic E-state index is 11.9. The number of carbonyl (C=O) groups excluding carboxylic acids is 1. The number of hydrogen-bond acceptors (Lipinski definition) is 4. The number of nitrogens with zero attached hydrogens (tertiary/aromatic N) is 3. The van der Waals surface area contributed by atoms with E-state index in [0.29, 0.717) is 18.2 Å². The zero-order chi connectivity index (χ0) is 14.3. The Bertz CT molecular complexity index is 394. The van der Waals surface area contributed by atoms with Gasteiger partial charge in [0.2, 0.25) is 0 Å². The van der Waals surface area contributed by atoms with Crippen molar-refractivity contribution in [3.05, 3.63) is 11.9 Å². The molecule has 0 fully saturated rings. The Labute approximate surface area is 127 Å². The van der Waals surface area contributed by atoms with Crippen LogP contribution in [0, 0.1) is 5.92 Å². The van der Waals surface area contributed by atoms with E-state index in [9.17, 15) is 4.79 Å². The summed E-state index contributed by atoms with van der Waals surface area (Å²) in [6, 6.07) is 0.255. The zero-order valence-corrected chi connectivity index (χ0v) is 13.5. The molecule has 0 aliphatic rings. The van der Waals surface area contributed by atoms with Crippen LogP contribution in [-0.4, -0.2) is 40.0 Å². The van der Waals surface area contributed by atoms with Gasteiger partial charge in [-0.15, -0.1) is 17.5 Å². The summed E-state index contributed by atoms with van der Waals surface area (Å²) in [7, 11) is 0. The molecule has 1 amide bonds. The average Bonchev–Trinajstić information content (AvgIpc) is 2.82. The fourth-order valence-electron chi connectivity index (χ4n) is 1.66. The van der Waals surface area contributed by atoms with Crippen molar-refractivity contribution < 1.29 is 4.79 Å². The molecule has 0 aliphatic carbocycles. The molecule has 1 rings (SSSR count). The summed E-state index contributed by atoms with van der Waals surface area (Å²) >= 11 is 0. The number of halogens is 1. The second-order valence-electron chi connectivity index (χ2n) is 5.22. The molecule has 0 spiro atoms. The van der Waals surface area contributed by atoms with Gasteiger partial charge in [-0.3, -0.25) is 9.48 Å². The van der Waals surface area contributed by atoms with E-state index in [1.165, 1.54) is 0 Å². The average molecular weight is 304 g/mol. The van der Waals surface area contributed by atoms with Crippen LogP contribution < -0.4 is 10.6 Å². The van der Waals surface area contributed by atoms with Gasteiger partial charge in [-0.2, -0.15) is 0 Å². The fraction of sp³-hybridized carbons (Fsp3) is 0.769. The van der Waals surface area contributed by atoms with Crippen molar-refractivity contribution in [2.24, 2.45) is 5.92 Å². The molecule has 1 aromatic rings. The van der Waals surface area contributed by atoms with Gasteiger partial charge >= 0.3 is 0 Å². The van der Waals surface area contributed by atoms with Crippen LogP contribution in [0.15, 0.2) is 6.20 Å². The van der Waals surface area contributed by atoms with Gasteiger partial charge in [0.15, 0.2) is 5.69 Å². The van der Waals surface area contributed by atoms with Crippen molar-refractivity contribution in [1.29, 1.82) is 0 Å². The highest BCUT2D eigenvalue weighted by molar-refractivity contribution is 5.91. The second-order valence-corrected chi connectivity index (χ2v) is 5.22. The van der Waals surface area contributed by atoms with Gasteiger partial charge in [-0.05, 0) is 25.8 Å². The zero-order valence-electron chi connectivity index (χ0n) is 12.7. The van der Waals surface area contributed by atoms with E-state index in [4.69, 9.17) is 0 Å². The summed E-state index contributed by atoms with van der Waals surface area (Å²) in [4.78, 5) is 11.9. The molecular formula is C13H26ClN5O. The van der Waals surface area contributed by atoms with E-state index in [2.05, 4.69) is 34.8 Å². The minimum Gasteiger partial charge on any atom is -0.349 e. The smallest absolute Gasteiger partial charge is 0.273 e.